The summed E-state index contributed by atoms with van der Waals surface area (Å²) in [6, 6.07) is 19.0. The van der Waals surface area contributed by atoms with Crippen LogP contribution in [0.25, 0.3) is 22.6 Å². The van der Waals surface area contributed by atoms with Crippen molar-refractivity contribution < 1.29 is 13.9 Å². The Morgan fingerprint density at radius 1 is 1.06 bits per heavy atom. The molecular formula is C26H26N2O3. The molecule has 5 heteroatoms. The fourth-order valence-electron chi connectivity index (χ4n) is 3.30. The third-order valence-electron chi connectivity index (χ3n) is 5.14. The number of aryl methyl sites for hydroxylation is 2. The summed E-state index contributed by atoms with van der Waals surface area (Å²) in [5.74, 6) is 1.05. The molecule has 1 aromatic heterocycles. The number of aromatic nitrogens is 1. The van der Waals surface area contributed by atoms with Crippen LogP contribution in [0.5, 0.6) is 5.75 Å². The van der Waals surface area contributed by atoms with Crippen molar-refractivity contribution >= 4 is 22.7 Å². The average Bonchev–Trinajstić information content (AvgIpc) is 3.19. The highest BCUT2D eigenvalue weighted by molar-refractivity contribution is 6.05. The molecule has 31 heavy (non-hydrogen) atoms. The third kappa shape index (κ3) is 4.77. The van der Waals surface area contributed by atoms with Crippen molar-refractivity contribution in [1.29, 1.82) is 0 Å². The maximum Gasteiger partial charge on any atom is 0.255 e. The monoisotopic (exact) mass is 414 g/mol. The number of nitrogens with one attached hydrogen (secondary N) is 1. The van der Waals surface area contributed by atoms with E-state index < -0.39 is 0 Å². The number of anilines is 1. The molecule has 0 atom stereocenters. The lowest BCUT2D eigenvalue weighted by atomic mass is 10.1. The Hall–Kier alpha value is -3.60. The number of carbonyl (C=O) groups excluding carboxylic acids is 1. The molecule has 158 valence electrons. The van der Waals surface area contributed by atoms with E-state index in [1.165, 1.54) is 0 Å². The molecule has 1 heterocycles. The molecule has 0 unspecified atom stereocenters. The Bertz CT molecular complexity index is 1230. The summed E-state index contributed by atoms with van der Waals surface area (Å²) in [7, 11) is 0. The lowest BCUT2D eigenvalue weighted by molar-refractivity contribution is 0.102. The van der Waals surface area contributed by atoms with Gasteiger partial charge in [0, 0.05) is 16.8 Å². The molecule has 0 aliphatic rings. The zero-order valence-corrected chi connectivity index (χ0v) is 18.1. The van der Waals surface area contributed by atoms with Crippen molar-refractivity contribution in [3.8, 4) is 17.2 Å². The van der Waals surface area contributed by atoms with Gasteiger partial charge in [0.2, 0.25) is 5.89 Å². The number of amides is 1. The molecule has 4 aromatic rings. The number of hydrogen-bond donors (Lipinski definition) is 1. The van der Waals surface area contributed by atoms with Crippen LogP contribution in [0.1, 0.15) is 41.3 Å². The van der Waals surface area contributed by atoms with E-state index in [4.69, 9.17) is 9.15 Å². The number of ether oxygens (including phenoxy) is 1. The van der Waals surface area contributed by atoms with Crippen LogP contribution in [0.4, 0.5) is 5.69 Å². The summed E-state index contributed by atoms with van der Waals surface area (Å²) >= 11 is 0. The van der Waals surface area contributed by atoms with Crippen molar-refractivity contribution in [1.82, 2.24) is 4.98 Å². The molecule has 1 amide bonds. The molecule has 0 spiro atoms. The lowest BCUT2D eigenvalue weighted by Gasteiger charge is -2.11. The van der Waals surface area contributed by atoms with Gasteiger partial charge >= 0.3 is 0 Å². The average molecular weight is 415 g/mol. The second kappa shape index (κ2) is 9.04. The van der Waals surface area contributed by atoms with Crippen molar-refractivity contribution in [2.75, 3.05) is 11.9 Å². The van der Waals surface area contributed by atoms with Gasteiger partial charge in [-0.1, -0.05) is 31.5 Å². The lowest BCUT2D eigenvalue weighted by Crippen LogP contribution is -2.13. The molecule has 0 saturated heterocycles. The Kier molecular flexibility index (Phi) is 6.03. The molecule has 0 aliphatic heterocycles. The van der Waals surface area contributed by atoms with E-state index in [9.17, 15) is 4.79 Å². The minimum atomic E-state index is -0.186. The smallest absolute Gasteiger partial charge is 0.255 e. The summed E-state index contributed by atoms with van der Waals surface area (Å²) < 4.78 is 11.7. The molecule has 0 fully saturated rings. The molecule has 0 aliphatic carbocycles. The molecule has 0 radical (unpaired) electrons. The van der Waals surface area contributed by atoms with E-state index in [-0.39, 0.29) is 5.91 Å². The van der Waals surface area contributed by atoms with Crippen LogP contribution in [0.2, 0.25) is 0 Å². The van der Waals surface area contributed by atoms with E-state index in [1.807, 2.05) is 62.4 Å². The van der Waals surface area contributed by atoms with E-state index in [0.29, 0.717) is 23.8 Å². The SMILES string of the molecule is CCCCOc1cccc(C(=O)Nc2cc(-c3nc4ccc(C)cc4o3)ccc2C)c1. The first kappa shape index (κ1) is 20.7. The van der Waals surface area contributed by atoms with Gasteiger partial charge < -0.3 is 14.5 Å². The largest absolute Gasteiger partial charge is 0.494 e. The highest BCUT2D eigenvalue weighted by atomic mass is 16.5. The zero-order chi connectivity index (χ0) is 21.8. The van der Waals surface area contributed by atoms with Crippen LogP contribution in [-0.2, 0) is 0 Å². The highest BCUT2D eigenvalue weighted by Crippen LogP contribution is 2.29. The summed E-state index contributed by atoms with van der Waals surface area (Å²) in [5, 5.41) is 3.01. The molecule has 0 bridgehead atoms. The highest BCUT2D eigenvalue weighted by Gasteiger charge is 2.13. The standard InChI is InChI=1S/C26H26N2O3/c1-4-5-13-30-21-8-6-7-19(15-21)25(29)27-23-16-20(11-10-18(23)3)26-28-22-12-9-17(2)14-24(22)31-26/h6-12,14-16H,4-5,13H2,1-3H3,(H,27,29). The number of oxazole rings is 1. The quantitative estimate of drug-likeness (QED) is 0.349. The van der Waals surface area contributed by atoms with Gasteiger partial charge in [-0.3, -0.25) is 4.79 Å². The number of fused-ring (bicyclic) bond motifs is 1. The normalized spacial score (nSPS) is 10.9. The van der Waals surface area contributed by atoms with E-state index in [0.717, 1.165) is 46.3 Å². The summed E-state index contributed by atoms with van der Waals surface area (Å²) in [6.45, 7) is 6.74. The topological polar surface area (TPSA) is 64.4 Å². The van der Waals surface area contributed by atoms with Gasteiger partial charge in [0.1, 0.15) is 11.3 Å². The molecule has 5 nitrogen and oxygen atoms in total. The van der Waals surface area contributed by atoms with Gasteiger partial charge in [-0.25, -0.2) is 4.98 Å². The Labute approximate surface area is 182 Å². The fourth-order valence-corrected chi connectivity index (χ4v) is 3.30. The Balaban J connectivity index is 1.56. The van der Waals surface area contributed by atoms with Gasteiger partial charge in [-0.2, -0.15) is 0 Å². The number of hydrogen-bond acceptors (Lipinski definition) is 4. The van der Waals surface area contributed by atoms with E-state index in [1.54, 1.807) is 12.1 Å². The van der Waals surface area contributed by atoms with Crippen LogP contribution in [0, 0.1) is 13.8 Å². The zero-order valence-electron chi connectivity index (χ0n) is 18.1. The van der Waals surface area contributed by atoms with Crippen molar-refractivity contribution in [3.05, 3.63) is 77.4 Å². The Morgan fingerprint density at radius 3 is 2.77 bits per heavy atom. The number of rotatable bonds is 7. The number of unbranched alkanes of at least 4 members (excludes halogenated alkanes) is 1. The van der Waals surface area contributed by atoms with Crippen molar-refractivity contribution in [2.45, 2.75) is 33.6 Å². The fraction of sp³-hybridized carbons (Fsp3) is 0.231. The maximum atomic E-state index is 12.9. The first-order valence-corrected chi connectivity index (χ1v) is 10.6. The Morgan fingerprint density at radius 2 is 1.94 bits per heavy atom. The van der Waals surface area contributed by atoms with Gasteiger partial charge in [-0.15, -0.1) is 0 Å². The van der Waals surface area contributed by atoms with E-state index >= 15 is 0 Å². The van der Waals surface area contributed by atoms with Crippen molar-refractivity contribution in [3.63, 3.8) is 0 Å². The second-order valence-electron chi connectivity index (χ2n) is 7.70. The van der Waals surface area contributed by atoms with Crippen LogP contribution in [0.15, 0.2) is 65.1 Å². The molecule has 4 rings (SSSR count). The predicted molar refractivity (Wildman–Crippen MR) is 124 cm³/mol. The summed E-state index contributed by atoms with van der Waals surface area (Å²) in [6.07, 6.45) is 2.05. The third-order valence-corrected chi connectivity index (χ3v) is 5.14. The van der Waals surface area contributed by atoms with Crippen LogP contribution < -0.4 is 10.1 Å². The minimum absolute atomic E-state index is 0.186. The minimum Gasteiger partial charge on any atom is -0.494 e. The van der Waals surface area contributed by atoms with Crippen molar-refractivity contribution in [2.24, 2.45) is 0 Å². The number of nitrogens with zero attached hydrogens (tertiary/aromatic N) is 1. The molecular weight excluding hydrogens is 388 g/mol. The maximum absolute atomic E-state index is 12.9. The number of carbonyl (C=O) groups is 1. The van der Waals surface area contributed by atoms with E-state index in [2.05, 4.69) is 17.2 Å². The van der Waals surface area contributed by atoms with Crippen LogP contribution >= 0.6 is 0 Å². The summed E-state index contributed by atoms with van der Waals surface area (Å²) in [4.78, 5) is 17.5. The first-order chi connectivity index (χ1) is 15.0. The molecule has 3 aromatic carbocycles. The number of benzene rings is 3. The summed E-state index contributed by atoms with van der Waals surface area (Å²) in [5.41, 5.74) is 5.72. The van der Waals surface area contributed by atoms with Gasteiger partial charge in [0.25, 0.3) is 5.91 Å². The predicted octanol–water partition coefficient (Wildman–Crippen LogP) is 6.54. The second-order valence-corrected chi connectivity index (χ2v) is 7.70. The van der Waals surface area contributed by atoms with Gasteiger partial charge in [-0.05, 0) is 73.9 Å². The van der Waals surface area contributed by atoms with Crippen LogP contribution in [-0.4, -0.2) is 17.5 Å². The molecule has 1 N–H and O–H groups in total. The van der Waals surface area contributed by atoms with Gasteiger partial charge in [0.15, 0.2) is 5.58 Å². The van der Waals surface area contributed by atoms with Gasteiger partial charge in [0.05, 0.1) is 6.61 Å². The first-order valence-electron chi connectivity index (χ1n) is 10.6. The van der Waals surface area contributed by atoms with Crippen LogP contribution in [0.3, 0.4) is 0 Å². The molecule has 0 saturated carbocycles.